The highest BCUT2D eigenvalue weighted by Crippen LogP contribution is 2.47. The van der Waals surface area contributed by atoms with Crippen LogP contribution >= 0.6 is 0 Å². The van der Waals surface area contributed by atoms with Gasteiger partial charge in [-0.3, -0.25) is 9.59 Å². The lowest BCUT2D eigenvalue weighted by Crippen LogP contribution is -2.44. The van der Waals surface area contributed by atoms with Crippen molar-refractivity contribution in [2.75, 3.05) is 23.6 Å². The Morgan fingerprint density at radius 3 is 2.50 bits per heavy atom. The van der Waals surface area contributed by atoms with Gasteiger partial charge in [-0.1, -0.05) is 61.5 Å². The number of carbonyl (C=O) groups excluding carboxylic acids is 2. The van der Waals surface area contributed by atoms with Crippen LogP contribution in [-0.2, 0) is 21.7 Å². The number of hydrazone groups is 1. The first-order valence-electron chi connectivity index (χ1n) is 13.4. The average Bonchev–Trinajstić information content (AvgIpc) is 3.20. The van der Waals surface area contributed by atoms with Crippen molar-refractivity contribution in [1.82, 2.24) is 0 Å². The second kappa shape index (κ2) is 11.5. The summed E-state index contributed by atoms with van der Waals surface area (Å²) >= 11 is 0. The molecule has 0 aliphatic carbocycles. The van der Waals surface area contributed by atoms with E-state index in [0.717, 1.165) is 16.8 Å². The lowest BCUT2D eigenvalue weighted by atomic mass is 9.83. The van der Waals surface area contributed by atoms with E-state index in [1.54, 1.807) is 49.3 Å². The zero-order chi connectivity index (χ0) is 28.3. The van der Waals surface area contributed by atoms with Crippen molar-refractivity contribution in [3.8, 4) is 5.75 Å². The first-order valence-corrected chi connectivity index (χ1v) is 13.4. The largest absolute Gasteiger partial charge is 0.497 e. The molecule has 2 aliphatic rings. The molecule has 8 nitrogen and oxygen atoms in total. The maximum absolute atomic E-state index is 13.8. The third-order valence-corrected chi connectivity index (χ3v) is 7.52. The molecule has 0 fully saturated rings. The number of anilines is 2. The van der Waals surface area contributed by atoms with E-state index in [1.165, 1.54) is 5.01 Å². The molecule has 2 N–H and O–H groups in total. The Morgan fingerprint density at radius 1 is 1.05 bits per heavy atom. The van der Waals surface area contributed by atoms with Crippen LogP contribution in [0, 0.1) is 5.92 Å². The van der Waals surface area contributed by atoms with Gasteiger partial charge in [-0.05, 0) is 47.9 Å². The minimum atomic E-state index is -1.78. The SMILES string of the molecule is COc1ccc2c(c1)[C@](O)([C@@H](C)/C=C/CCO)C(=O)N2Cc1ccc(N2N=C(c3ccccc3)CCC2=O)cc1. The summed E-state index contributed by atoms with van der Waals surface area (Å²) in [5.74, 6) is -0.487. The molecule has 40 heavy (non-hydrogen) atoms. The molecule has 0 saturated heterocycles. The van der Waals surface area contributed by atoms with Crippen molar-refractivity contribution in [2.24, 2.45) is 11.0 Å². The smallest absolute Gasteiger partial charge is 0.264 e. The Morgan fingerprint density at radius 2 is 1.80 bits per heavy atom. The number of fused-ring (bicyclic) bond motifs is 1. The van der Waals surface area contributed by atoms with Crippen molar-refractivity contribution >= 4 is 28.9 Å². The highest BCUT2D eigenvalue weighted by molar-refractivity contribution is 6.09. The number of carbonyl (C=O) groups is 2. The molecule has 0 aromatic heterocycles. The van der Waals surface area contributed by atoms with Gasteiger partial charge in [0.25, 0.3) is 5.91 Å². The van der Waals surface area contributed by atoms with Crippen LogP contribution in [0.15, 0.2) is 90.0 Å². The molecular formula is C32H33N3O5. The Bertz CT molecular complexity index is 1450. The highest BCUT2D eigenvalue weighted by Gasteiger charge is 2.52. The van der Waals surface area contributed by atoms with Gasteiger partial charge in [-0.25, -0.2) is 5.01 Å². The van der Waals surface area contributed by atoms with E-state index in [0.29, 0.717) is 42.0 Å². The second-order valence-corrected chi connectivity index (χ2v) is 10.1. The molecule has 0 radical (unpaired) electrons. The van der Waals surface area contributed by atoms with E-state index in [2.05, 4.69) is 5.10 Å². The predicted octanol–water partition coefficient (Wildman–Crippen LogP) is 4.54. The zero-order valence-corrected chi connectivity index (χ0v) is 22.7. The molecule has 0 saturated carbocycles. The molecule has 2 aliphatic heterocycles. The molecule has 3 aromatic rings. The third-order valence-electron chi connectivity index (χ3n) is 7.52. The monoisotopic (exact) mass is 539 g/mol. The Labute approximate surface area is 233 Å². The average molecular weight is 540 g/mol. The third kappa shape index (κ3) is 5.03. The lowest BCUT2D eigenvalue weighted by Gasteiger charge is -2.28. The van der Waals surface area contributed by atoms with Gasteiger partial charge in [0.15, 0.2) is 5.60 Å². The van der Waals surface area contributed by atoms with E-state index in [1.807, 2.05) is 54.6 Å². The van der Waals surface area contributed by atoms with Crippen LogP contribution in [0.3, 0.4) is 0 Å². The fourth-order valence-electron chi connectivity index (χ4n) is 5.24. The topological polar surface area (TPSA) is 103 Å². The number of hydrogen-bond acceptors (Lipinski definition) is 6. The van der Waals surface area contributed by atoms with Gasteiger partial charge in [0.2, 0.25) is 5.91 Å². The van der Waals surface area contributed by atoms with E-state index < -0.39 is 17.4 Å². The highest BCUT2D eigenvalue weighted by atomic mass is 16.5. The number of aliphatic hydroxyl groups excluding tert-OH is 1. The number of amides is 2. The van der Waals surface area contributed by atoms with Crippen LogP contribution in [0.2, 0.25) is 0 Å². The van der Waals surface area contributed by atoms with Crippen LogP contribution in [0.25, 0.3) is 0 Å². The van der Waals surface area contributed by atoms with Crippen LogP contribution in [0.1, 0.15) is 42.9 Å². The van der Waals surface area contributed by atoms with Gasteiger partial charge in [0.1, 0.15) is 5.75 Å². The van der Waals surface area contributed by atoms with Crippen LogP contribution in [-0.4, -0.2) is 41.5 Å². The number of aliphatic hydroxyl groups is 2. The maximum Gasteiger partial charge on any atom is 0.264 e. The second-order valence-electron chi connectivity index (χ2n) is 10.1. The molecular weight excluding hydrogens is 506 g/mol. The zero-order valence-electron chi connectivity index (χ0n) is 22.7. The van der Waals surface area contributed by atoms with E-state index in [-0.39, 0.29) is 19.1 Å². The van der Waals surface area contributed by atoms with E-state index >= 15 is 0 Å². The number of nitrogens with zero attached hydrogens (tertiary/aromatic N) is 3. The van der Waals surface area contributed by atoms with Crippen molar-refractivity contribution in [3.63, 3.8) is 0 Å². The quantitative estimate of drug-likeness (QED) is 0.389. The summed E-state index contributed by atoms with van der Waals surface area (Å²) in [6.07, 6.45) is 4.93. The number of methoxy groups -OCH3 is 1. The fraction of sp³-hybridized carbons (Fsp3) is 0.281. The summed E-state index contributed by atoms with van der Waals surface area (Å²) in [5.41, 5.74) is 2.66. The molecule has 0 unspecified atom stereocenters. The molecule has 0 spiro atoms. The molecule has 8 heteroatoms. The standard InChI is InChI=1S/C32H33N3O5/c1-22(8-6-7-19-36)32(39)27-20-26(40-2)15-17-29(27)34(31(32)38)21-23-11-13-25(14-12-23)35-30(37)18-16-28(33-35)24-9-4-3-5-10-24/h3-6,8-15,17,20,22,36,39H,7,16,18-19,21H2,1-2H3/b8-6+/t22-,32+/m0/s1. The predicted molar refractivity (Wildman–Crippen MR) is 154 cm³/mol. The van der Waals surface area contributed by atoms with Gasteiger partial charge >= 0.3 is 0 Å². The molecule has 2 atom stereocenters. The summed E-state index contributed by atoms with van der Waals surface area (Å²) in [6.45, 7) is 2.01. The summed E-state index contributed by atoms with van der Waals surface area (Å²) in [7, 11) is 1.54. The first kappa shape index (κ1) is 27.3. The molecule has 3 aromatic carbocycles. The molecule has 5 rings (SSSR count). The first-order chi connectivity index (χ1) is 19.4. The van der Waals surface area contributed by atoms with Gasteiger partial charge in [0.05, 0.1) is 30.7 Å². The van der Waals surface area contributed by atoms with Crippen molar-refractivity contribution in [2.45, 2.75) is 38.3 Å². The molecule has 2 amide bonds. The summed E-state index contributed by atoms with van der Waals surface area (Å²) < 4.78 is 5.38. The summed E-state index contributed by atoms with van der Waals surface area (Å²) in [4.78, 5) is 28.1. The van der Waals surface area contributed by atoms with Gasteiger partial charge < -0.3 is 19.8 Å². The minimum absolute atomic E-state index is 0.00989. The summed E-state index contributed by atoms with van der Waals surface area (Å²) in [6, 6.07) is 22.5. The Hall–Kier alpha value is -4.27. The van der Waals surface area contributed by atoms with Crippen molar-refractivity contribution in [1.29, 1.82) is 0 Å². The number of ether oxygens (including phenoxy) is 1. The van der Waals surface area contributed by atoms with Crippen LogP contribution < -0.4 is 14.6 Å². The normalized spacial score (nSPS) is 19.6. The maximum atomic E-state index is 13.8. The minimum Gasteiger partial charge on any atom is -0.497 e. The molecule has 0 bridgehead atoms. The van der Waals surface area contributed by atoms with Gasteiger partial charge in [0, 0.05) is 30.9 Å². The lowest BCUT2D eigenvalue weighted by molar-refractivity contribution is -0.139. The number of hydrogen-bond donors (Lipinski definition) is 2. The molecule has 206 valence electrons. The van der Waals surface area contributed by atoms with Crippen molar-refractivity contribution < 1.29 is 24.5 Å². The molecule has 2 heterocycles. The number of benzene rings is 3. The van der Waals surface area contributed by atoms with Crippen LogP contribution in [0.5, 0.6) is 5.75 Å². The Balaban J connectivity index is 1.41. The van der Waals surface area contributed by atoms with Crippen molar-refractivity contribution in [3.05, 3.63) is 102 Å². The van der Waals surface area contributed by atoms with Gasteiger partial charge in [-0.2, -0.15) is 5.10 Å². The van der Waals surface area contributed by atoms with E-state index in [9.17, 15) is 14.7 Å². The number of rotatable bonds is 9. The van der Waals surface area contributed by atoms with Gasteiger partial charge in [-0.15, -0.1) is 0 Å². The van der Waals surface area contributed by atoms with Crippen LogP contribution in [0.4, 0.5) is 11.4 Å². The fourth-order valence-corrected chi connectivity index (χ4v) is 5.24. The summed E-state index contributed by atoms with van der Waals surface area (Å²) in [5, 5.41) is 27.0. The van der Waals surface area contributed by atoms with E-state index in [4.69, 9.17) is 9.84 Å². The Kier molecular flexibility index (Phi) is 7.82.